The van der Waals surface area contributed by atoms with Crippen LogP contribution in [0.3, 0.4) is 0 Å². The minimum absolute atomic E-state index is 0.0162. The van der Waals surface area contributed by atoms with Gasteiger partial charge < -0.3 is 19.3 Å². The van der Waals surface area contributed by atoms with E-state index < -0.39 is 29.2 Å². The zero-order chi connectivity index (χ0) is 28.9. The molecule has 0 N–H and O–H groups in total. The molecular weight excluding hydrogens is 556 g/mol. The molecule has 0 aliphatic carbocycles. The summed E-state index contributed by atoms with van der Waals surface area (Å²) in [5.74, 6) is -0.811. The minimum Gasteiger partial charge on any atom is -0.467 e. The van der Waals surface area contributed by atoms with Gasteiger partial charge in [-0.3, -0.25) is 9.48 Å². The molecule has 1 aromatic carbocycles. The predicted octanol–water partition coefficient (Wildman–Crippen LogP) is 4.73. The van der Waals surface area contributed by atoms with Crippen LogP contribution in [-0.2, 0) is 37.0 Å². The van der Waals surface area contributed by atoms with Crippen molar-refractivity contribution < 1.29 is 31.8 Å². The van der Waals surface area contributed by atoms with E-state index in [4.69, 9.17) is 21.1 Å². The number of hydrogen-bond donors (Lipinski definition) is 0. The van der Waals surface area contributed by atoms with Gasteiger partial charge in [-0.15, -0.1) is 0 Å². The molecule has 0 saturated heterocycles. The fourth-order valence-electron chi connectivity index (χ4n) is 5.04. The second kappa shape index (κ2) is 10.5. The lowest BCUT2D eigenvalue weighted by atomic mass is 9.93. The average Bonchev–Trinajstić information content (AvgIpc) is 3.07. The third kappa shape index (κ3) is 4.96. The molecule has 4 heterocycles. The van der Waals surface area contributed by atoms with Crippen LogP contribution in [-0.4, -0.2) is 58.3 Å². The maximum atomic E-state index is 15.1. The van der Waals surface area contributed by atoms with E-state index >= 15 is 4.39 Å². The van der Waals surface area contributed by atoms with Gasteiger partial charge in [0, 0.05) is 44.7 Å². The van der Waals surface area contributed by atoms with Crippen LogP contribution < -0.4 is 9.64 Å². The molecule has 214 valence electrons. The summed E-state index contributed by atoms with van der Waals surface area (Å²) in [5.41, 5.74) is 0.208. The van der Waals surface area contributed by atoms with Crippen molar-refractivity contribution in [3.63, 3.8) is 0 Å². The van der Waals surface area contributed by atoms with Crippen LogP contribution in [0, 0.1) is 12.7 Å². The number of aromatic nitrogens is 4. The highest BCUT2D eigenvalue weighted by Crippen LogP contribution is 2.42. The monoisotopic (exact) mass is 582 g/mol. The van der Waals surface area contributed by atoms with E-state index in [1.807, 2.05) is 4.90 Å². The van der Waals surface area contributed by atoms with Crippen molar-refractivity contribution in [2.45, 2.75) is 51.7 Å². The molecule has 5 rings (SSSR count). The Hall–Kier alpha value is -3.45. The number of nitrogens with zero attached hydrogens (tertiary/aromatic N) is 6. The molecule has 2 aromatic heterocycles. The number of methoxy groups -OCH3 is 1. The van der Waals surface area contributed by atoms with Gasteiger partial charge >= 0.3 is 12.2 Å². The second-order valence-corrected chi connectivity index (χ2v) is 10.3. The van der Waals surface area contributed by atoms with Gasteiger partial charge in [0.25, 0.3) is 5.91 Å². The molecule has 0 bridgehead atoms. The van der Waals surface area contributed by atoms with E-state index in [0.29, 0.717) is 42.3 Å². The summed E-state index contributed by atoms with van der Waals surface area (Å²) in [4.78, 5) is 24.8. The van der Waals surface area contributed by atoms with E-state index in [-0.39, 0.29) is 47.8 Å². The first-order chi connectivity index (χ1) is 18.9. The number of hydrogen-bond acceptors (Lipinski definition) is 7. The number of aryl methyl sites for hydroxylation is 2. The van der Waals surface area contributed by atoms with Gasteiger partial charge in [0.05, 0.1) is 48.3 Å². The van der Waals surface area contributed by atoms with Crippen molar-refractivity contribution in [1.29, 1.82) is 0 Å². The summed E-state index contributed by atoms with van der Waals surface area (Å²) >= 11 is 6.61. The van der Waals surface area contributed by atoms with Crippen molar-refractivity contribution in [3.8, 4) is 6.01 Å². The molecule has 3 aromatic rings. The molecule has 1 unspecified atom stereocenters. The molecule has 2 aliphatic heterocycles. The molecule has 2 aliphatic rings. The van der Waals surface area contributed by atoms with Crippen LogP contribution >= 0.6 is 11.6 Å². The standard InChI is InChI=1S/C26H27ClF4N6O3/c1-13-6-7-15(26(29,30)31)19(21(13)28)18-10-16-14(12-40-18)23(33-25(32-16)39-4)36-8-5-9-37-17(11-36)20(27)22(34-37)24(38)35(2)3/h6-7,18H,5,8-12H2,1-4H3. The van der Waals surface area contributed by atoms with Crippen LogP contribution in [0.4, 0.5) is 23.4 Å². The predicted molar refractivity (Wildman–Crippen MR) is 137 cm³/mol. The molecule has 0 saturated carbocycles. The number of rotatable bonds is 4. The van der Waals surface area contributed by atoms with Crippen molar-refractivity contribution in [1.82, 2.24) is 24.6 Å². The number of alkyl halides is 3. The Morgan fingerprint density at radius 3 is 2.65 bits per heavy atom. The highest BCUT2D eigenvalue weighted by atomic mass is 35.5. The average molecular weight is 583 g/mol. The Morgan fingerprint density at radius 2 is 1.98 bits per heavy atom. The minimum atomic E-state index is -4.76. The zero-order valence-electron chi connectivity index (χ0n) is 22.3. The van der Waals surface area contributed by atoms with E-state index in [9.17, 15) is 18.0 Å². The molecule has 0 fully saturated rings. The number of carbonyl (C=O) groups excluding carboxylic acids is 1. The summed E-state index contributed by atoms with van der Waals surface area (Å²) in [6.45, 7) is 2.58. The normalized spacial score (nSPS) is 17.2. The highest BCUT2D eigenvalue weighted by molar-refractivity contribution is 6.34. The largest absolute Gasteiger partial charge is 0.467 e. The first-order valence-corrected chi connectivity index (χ1v) is 12.9. The number of ether oxygens (including phenoxy) is 2. The lowest BCUT2D eigenvalue weighted by Crippen LogP contribution is -2.29. The number of fused-ring (bicyclic) bond motifs is 2. The summed E-state index contributed by atoms with van der Waals surface area (Å²) in [6, 6.07) is 1.99. The van der Waals surface area contributed by atoms with Crippen molar-refractivity contribution in [2.75, 3.05) is 32.6 Å². The third-order valence-electron chi connectivity index (χ3n) is 7.08. The molecule has 14 heteroatoms. The summed E-state index contributed by atoms with van der Waals surface area (Å²) in [7, 11) is 4.61. The Labute approximate surface area is 232 Å². The van der Waals surface area contributed by atoms with Gasteiger partial charge in [-0.05, 0) is 25.0 Å². The second-order valence-electron chi connectivity index (χ2n) is 9.93. The maximum absolute atomic E-state index is 15.1. The Bertz CT molecular complexity index is 1480. The first-order valence-electron chi connectivity index (χ1n) is 12.5. The lowest BCUT2D eigenvalue weighted by molar-refractivity contribution is -0.140. The highest BCUT2D eigenvalue weighted by Gasteiger charge is 2.40. The Balaban J connectivity index is 1.53. The van der Waals surface area contributed by atoms with Crippen molar-refractivity contribution >= 4 is 23.3 Å². The molecule has 0 spiro atoms. The van der Waals surface area contributed by atoms with Crippen molar-refractivity contribution in [3.05, 3.63) is 62.3 Å². The number of carbonyl (C=O) groups is 1. The lowest BCUT2D eigenvalue weighted by Gasteiger charge is -2.31. The van der Waals surface area contributed by atoms with E-state index in [2.05, 4.69) is 15.1 Å². The van der Waals surface area contributed by atoms with E-state index in [1.54, 1.807) is 18.8 Å². The summed E-state index contributed by atoms with van der Waals surface area (Å²) in [5, 5.41) is 4.67. The van der Waals surface area contributed by atoms with E-state index in [0.717, 1.165) is 12.1 Å². The molecule has 40 heavy (non-hydrogen) atoms. The van der Waals surface area contributed by atoms with Gasteiger partial charge in [-0.1, -0.05) is 17.7 Å². The number of amides is 1. The van der Waals surface area contributed by atoms with Crippen LogP contribution in [0.5, 0.6) is 6.01 Å². The van der Waals surface area contributed by atoms with Gasteiger partial charge in [-0.2, -0.15) is 28.2 Å². The fourth-order valence-corrected chi connectivity index (χ4v) is 5.32. The van der Waals surface area contributed by atoms with Crippen LogP contribution in [0.1, 0.15) is 56.7 Å². The molecule has 9 nitrogen and oxygen atoms in total. The smallest absolute Gasteiger partial charge is 0.416 e. The van der Waals surface area contributed by atoms with Gasteiger partial charge in [0.1, 0.15) is 11.6 Å². The zero-order valence-corrected chi connectivity index (χ0v) is 23.0. The molecule has 1 amide bonds. The Morgan fingerprint density at radius 1 is 1.23 bits per heavy atom. The summed E-state index contributed by atoms with van der Waals surface area (Å²) in [6.07, 6.45) is -5.44. The third-order valence-corrected chi connectivity index (χ3v) is 7.48. The fraction of sp³-hybridized carbons (Fsp3) is 0.462. The molecule has 0 radical (unpaired) electrons. The number of halogens is 5. The van der Waals surface area contributed by atoms with Crippen LogP contribution in [0.25, 0.3) is 0 Å². The van der Waals surface area contributed by atoms with E-state index in [1.165, 1.54) is 18.9 Å². The topological polar surface area (TPSA) is 85.6 Å². The SMILES string of the molecule is COc1nc2c(c(N3CCCn4nc(C(=O)N(C)C)c(Cl)c4C3)n1)COC(c1c(C(F)(F)F)ccc(C)c1F)C2. The quantitative estimate of drug-likeness (QED) is 0.411. The Kier molecular flexibility index (Phi) is 7.38. The van der Waals surface area contributed by atoms with Crippen LogP contribution in [0.2, 0.25) is 5.02 Å². The number of benzene rings is 1. The van der Waals surface area contributed by atoms with Gasteiger partial charge in [0.2, 0.25) is 0 Å². The van der Waals surface area contributed by atoms with Crippen molar-refractivity contribution in [2.24, 2.45) is 0 Å². The summed E-state index contributed by atoms with van der Waals surface area (Å²) < 4.78 is 69.4. The molecular formula is C26H27ClF4N6O3. The van der Waals surface area contributed by atoms with Gasteiger partial charge in [0.15, 0.2) is 5.69 Å². The first kappa shape index (κ1) is 28.1. The van der Waals surface area contributed by atoms with Crippen LogP contribution in [0.15, 0.2) is 12.1 Å². The number of anilines is 1. The maximum Gasteiger partial charge on any atom is 0.416 e. The molecule has 1 atom stereocenters. The van der Waals surface area contributed by atoms with Gasteiger partial charge in [-0.25, -0.2) is 4.39 Å².